The summed E-state index contributed by atoms with van der Waals surface area (Å²) in [6.07, 6.45) is 3.32. The van der Waals surface area contributed by atoms with Crippen LogP contribution < -0.4 is 0 Å². The number of hydrogen-bond donors (Lipinski definition) is 0. The van der Waals surface area contributed by atoms with Crippen molar-refractivity contribution in [2.45, 2.75) is 49.6 Å². The average molecular weight is 339 g/mol. The quantitative estimate of drug-likeness (QED) is 0.771. The first-order valence-electron chi connectivity index (χ1n) is 7.89. The van der Waals surface area contributed by atoms with Crippen LogP contribution in [0.1, 0.15) is 31.2 Å². The maximum absolute atomic E-state index is 12.1. The Morgan fingerprint density at radius 1 is 1.22 bits per heavy atom. The SMILES string of the molecule is Cc1ccc(S(=O)(=O)OCC2CN(C3CCCC3)C(=O)O2)cc1. The number of carbonyl (C=O) groups excluding carboxylic acids is 1. The smallest absolute Gasteiger partial charge is 0.410 e. The monoisotopic (exact) mass is 339 g/mol. The summed E-state index contributed by atoms with van der Waals surface area (Å²) in [6, 6.07) is 6.68. The third-order valence-corrected chi connectivity index (χ3v) is 5.68. The normalized spacial score (nSPS) is 22.6. The van der Waals surface area contributed by atoms with Gasteiger partial charge in [0.15, 0.2) is 0 Å². The van der Waals surface area contributed by atoms with Crippen molar-refractivity contribution < 1.29 is 22.1 Å². The Labute approximate surface area is 136 Å². The molecule has 1 amide bonds. The lowest BCUT2D eigenvalue weighted by Crippen LogP contribution is -2.35. The van der Waals surface area contributed by atoms with E-state index < -0.39 is 16.2 Å². The summed E-state index contributed by atoms with van der Waals surface area (Å²) >= 11 is 0. The van der Waals surface area contributed by atoms with E-state index in [-0.39, 0.29) is 23.6 Å². The van der Waals surface area contributed by atoms with Crippen molar-refractivity contribution in [2.75, 3.05) is 13.2 Å². The van der Waals surface area contributed by atoms with Gasteiger partial charge in [-0.05, 0) is 31.9 Å². The molecule has 6 nitrogen and oxygen atoms in total. The second-order valence-corrected chi connectivity index (χ2v) is 7.76. The predicted octanol–water partition coefficient (Wildman–Crippen LogP) is 2.46. The zero-order valence-electron chi connectivity index (χ0n) is 13.1. The Kier molecular flexibility index (Phi) is 4.59. The lowest BCUT2D eigenvalue weighted by Gasteiger charge is -2.20. The third-order valence-electron chi connectivity index (χ3n) is 4.39. The molecule has 0 N–H and O–H groups in total. The van der Waals surface area contributed by atoms with Crippen LogP contribution in [0.25, 0.3) is 0 Å². The molecule has 0 spiro atoms. The fourth-order valence-electron chi connectivity index (χ4n) is 3.08. The minimum absolute atomic E-state index is 0.111. The first-order valence-corrected chi connectivity index (χ1v) is 9.30. The summed E-state index contributed by atoms with van der Waals surface area (Å²) in [6.45, 7) is 2.13. The van der Waals surface area contributed by atoms with Gasteiger partial charge in [-0.3, -0.25) is 4.18 Å². The summed E-state index contributed by atoms with van der Waals surface area (Å²) < 4.78 is 34.6. The van der Waals surface area contributed by atoms with Crippen LogP contribution in [0.3, 0.4) is 0 Å². The summed E-state index contributed by atoms with van der Waals surface area (Å²) in [4.78, 5) is 13.7. The zero-order valence-corrected chi connectivity index (χ0v) is 13.9. The van der Waals surface area contributed by atoms with Crippen molar-refractivity contribution in [1.29, 1.82) is 0 Å². The van der Waals surface area contributed by atoms with E-state index in [1.807, 2.05) is 6.92 Å². The summed E-state index contributed by atoms with van der Waals surface area (Å²) in [5.41, 5.74) is 0.973. The van der Waals surface area contributed by atoms with Crippen LogP contribution in [0.5, 0.6) is 0 Å². The van der Waals surface area contributed by atoms with Crippen molar-refractivity contribution in [3.8, 4) is 0 Å². The molecule has 1 aromatic rings. The van der Waals surface area contributed by atoms with Crippen LogP contribution in [0.2, 0.25) is 0 Å². The number of aryl methyl sites for hydroxylation is 1. The molecule has 1 atom stereocenters. The van der Waals surface area contributed by atoms with E-state index in [2.05, 4.69) is 0 Å². The predicted molar refractivity (Wildman–Crippen MR) is 83.5 cm³/mol. The molecule has 1 saturated heterocycles. The molecule has 1 aliphatic heterocycles. The van der Waals surface area contributed by atoms with Crippen LogP contribution in [-0.2, 0) is 19.0 Å². The molecule has 1 aromatic carbocycles. The molecular formula is C16H21NO5S. The van der Waals surface area contributed by atoms with Crippen LogP contribution in [0.4, 0.5) is 4.79 Å². The van der Waals surface area contributed by atoms with E-state index in [0.717, 1.165) is 31.2 Å². The van der Waals surface area contributed by atoms with E-state index >= 15 is 0 Å². The average Bonchev–Trinajstić information content (AvgIpc) is 3.15. The molecule has 1 saturated carbocycles. The highest BCUT2D eigenvalue weighted by atomic mass is 32.2. The first-order chi connectivity index (χ1) is 11.0. The van der Waals surface area contributed by atoms with Crippen LogP contribution in [0.15, 0.2) is 29.2 Å². The Hall–Kier alpha value is -1.60. The highest BCUT2D eigenvalue weighted by Gasteiger charge is 2.37. The second-order valence-electron chi connectivity index (χ2n) is 6.15. The third kappa shape index (κ3) is 3.67. The molecule has 1 heterocycles. The van der Waals surface area contributed by atoms with Gasteiger partial charge in [0.05, 0.1) is 11.4 Å². The van der Waals surface area contributed by atoms with Gasteiger partial charge in [0, 0.05) is 6.04 Å². The minimum atomic E-state index is -3.83. The van der Waals surface area contributed by atoms with Crippen molar-refractivity contribution in [3.63, 3.8) is 0 Å². The van der Waals surface area contributed by atoms with Gasteiger partial charge in [-0.2, -0.15) is 8.42 Å². The number of benzene rings is 1. The number of ether oxygens (including phenoxy) is 1. The van der Waals surface area contributed by atoms with Crippen molar-refractivity contribution in [1.82, 2.24) is 4.90 Å². The Balaban J connectivity index is 1.58. The maximum atomic E-state index is 12.1. The first kappa shape index (κ1) is 16.3. The van der Waals surface area contributed by atoms with Gasteiger partial charge < -0.3 is 9.64 Å². The van der Waals surface area contributed by atoms with E-state index in [1.165, 1.54) is 12.1 Å². The molecule has 2 fully saturated rings. The van der Waals surface area contributed by atoms with E-state index in [0.29, 0.717) is 6.54 Å². The molecule has 7 heteroatoms. The van der Waals surface area contributed by atoms with Gasteiger partial charge in [0.1, 0.15) is 12.7 Å². The van der Waals surface area contributed by atoms with Gasteiger partial charge in [-0.15, -0.1) is 0 Å². The van der Waals surface area contributed by atoms with Crippen LogP contribution in [-0.4, -0.2) is 44.7 Å². The Morgan fingerprint density at radius 3 is 2.52 bits per heavy atom. The Bertz CT molecular complexity index is 664. The lowest BCUT2D eigenvalue weighted by atomic mass is 10.2. The van der Waals surface area contributed by atoms with Crippen molar-refractivity contribution in [3.05, 3.63) is 29.8 Å². The van der Waals surface area contributed by atoms with E-state index in [1.54, 1.807) is 17.0 Å². The molecule has 0 bridgehead atoms. The lowest BCUT2D eigenvalue weighted by molar-refractivity contribution is 0.103. The minimum Gasteiger partial charge on any atom is -0.442 e. The van der Waals surface area contributed by atoms with Gasteiger partial charge in [0.2, 0.25) is 0 Å². The molecule has 1 aliphatic carbocycles. The summed E-state index contributed by atoms with van der Waals surface area (Å²) in [5, 5.41) is 0. The van der Waals surface area contributed by atoms with Gasteiger partial charge in [-0.1, -0.05) is 30.5 Å². The molecule has 126 valence electrons. The fourth-order valence-corrected chi connectivity index (χ4v) is 4.02. The molecule has 2 aliphatic rings. The number of carbonyl (C=O) groups is 1. The second kappa shape index (κ2) is 6.49. The molecule has 1 unspecified atom stereocenters. The van der Waals surface area contributed by atoms with Gasteiger partial charge in [0.25, 0.3) is 10.1 Å². The number of hydrogen-bond acceptors (Lipinski definition) is 5. The largest absolute Gasteiger partial charge is 0.442 e. The molecular weight excluding hydrogens is 318 g/mol. The van der Waals surface area contributed by atoms with Crippen molar-refractivity contribution in [2.24, 2.45) is 0 Å². The van der Waals surface area contributed by atoms with Crippen molar-refractivity contribution >= 4 is 16.2 Å². The standard InChI is InChI=1S/C16H21NO5S/c1-12-6-8-15(9-7-12)23(19,20)21-11-14-10-17(16(18)22-14)13-4-2-3-5-13/h6-9,13-14H,2-5,10-11H2,1H3. The molecule has 0 aromatic heterocycles. The highest BCUT2D eigenvalue weighted by molar-refractivity contribution is 7.86. The maximum Gasteiger partial charge on any atom is 0.410 e. The van der Waals surface area contributed by atoms with Gasteiger partial charge in [-0.25, -0.2) is 4.79 Å². The summed E-state index contributed by atoms with van der Waals surface area (Å²) in [7, 11) is -3.83. The van der Waals surface area contributed by atoms with Crippen LogP contribution >= 0.6 is 0 Å². The summed E-state index contributed by atoms with van der Waals surface area (Å²) in [5.74, 6) is 0. The number of cyclic esters (lactones) is 1. The highest BCUT2D eigenvalue weighted by Crippen LogP contribution is 2.27. The van der Waals surface area contributed by atoms with E-state index in [9.17, 15) is 13.2 Å². The van der Waals surface area contributed by atoms with Gasteiger partial charge >= 0.3 is 6.09 Å². The number of rotatable bonds is 5. The fraction of sp³-hybridized carbons (Fsp3) is 0.562. The number of amides is 1. The topological polar surface area (TPSA) is 72.9 Å². The number of nitrogens with zero attached hydrogens (tertiary/aromatic N) is 1. The molecule has 23 heavy (non-hydrogen) atoms. The molecule has 0 radical (unpaired) electrons. The Morgan fingerprint density at radius 2 is 1.87 bits per heavy atom. The molecule has 3 rings (SSSR count). The zero-order chi connectivity index (χ0) is 16.4. The van der Waals surface area contributed by atoms with Crippen LogP contribution in [0, 0.1) is 6.92 Å². The van der Waals surface area contributed by atoms with E-state index in [4.69, 9.17) is 8.92 Å².